The molecule has 1 atom stereocenters. The Balaban J connectivity index is 2.40. The molecule has 0 radical (unpaired) electrons. The molecule has 2 rings (SSSR count). The van der Waals surface area contributed by atoms with Crippen LogP contribution in [0.4, 0.5) is 0 Å². The fraction of sp³-hybridized carbons (Fsp3) is 0.250. The summed E-state index contributed by atoms with van der Waals surface area (Å²) in [7, 11) is 2.81. The first-order valence-electron chi connectivity index (χ1n) is 5.08. The molecule has 0 bridgehead atoms. The topological polar surface area (TPSA) is 71.6 Å². The zero-order valence-electron chi connectivity index (χ0n) is 9.56. The number of carbonyl (C=O) groups excluding carboxylic acids is 1. The van der Waals surface area contributed by atoms with Crippen molar-refractivity contribution in [3.63, 3.8) is 0 Å². The van der Waals surface area contributed by atoms with Gasteiger partial charge in [0.2, 0.25) is 0 Å². The van der Waals surface area contributed by atoms with Crippen molar-refractivity contribution in [2.75, 3.05) is 14.2 Å². The largest absolute Gasteiger partial charge is 0.497 e. The molecule has 90 valence electrons. The SMILES string of the molecule is COC(=O)C(O)c1cc2cc(OC)ccc2[nH]1. The summed E-state index contributed by atoms with van der Waals surface area (Å²) in [5.41, 5.74) is 1.23. The molecule has 2 N–H and O–H groups in total. The number of nitrogens with one attached hydrogen (secondary N) is 1. The fourth-order valence-electron chi connectivity index (χ4n) is 1.65. The van der Waals surface area contributed by atoms with Crippen LogP contribution in [0.1, 0.15) is 11.8 Å². The molecule has 1 aromatic heterocycles. The van der Waals surface area contributed by atoms with Gasteiger partial charge in [-0.3, -0.25) is 0 Å². The second-order valence-corrected chi connectivity index (χ2v) is 3.60. The van der Waals surface area contributed by atoms with Gasteiger partial charge in [-0.25, -0.2) is 4.79 Å². The molecule has 0 amide bonds. The van der Waals surface area contributed by atoms with E-state index >= 15 is 0 Å². The number of aliphatic hydroxyl groups excluding tert-OH is 1. The number of esters is 1. The first-order valence-corrected chi connectivity index (χ1v) is 5.08. The van der Waals surface area contributed by atoms with Gasteiger partial charge in [0.1, 0.15) is 5.75 Å². The van der Waals surface area contributed by atoms with E-state index in [0.29, 0.717) is 5.69 Å². The van der Waals surface area contributed by atoms with Gasteiger partial charge in [-0.05, 0) is 24.3 Å². The van der Waals surface area contributed by atoms with Gasteiger partial charge in [0, 0.05) is 10.9 Å². The van der Waals surface area contributed by atoms with Crippen LogP contribution in [0.25, 0.3) is 10.9 Å². The smallest absolute Gasteiger partial charge is 0.340 e. The van der Waals surface area contributed by atoms with Crippen molar-refractivity contribution in [1.82, 2.24) is 4.98 Å². The van der Waals surface area contributed by atoms with Crippen LogP contribution in [0.15, 0.2) is 24.3 Å². The van der Waals surface area contributed by atoms with Gasteiger partial charge in [0.15, 0.2) is 6.10 Å². The van der Waals surface area contributed by atoms with Gasteiger partial charge in [0.25, 0.3) is 0 Å². The number of H-pyrrole nitrogens is 1. The van der Waals surface area contributed by atoms with Crippen LogP contribution in [0.5, 0.6) is 5.75 Å². The lowest BCUT2D eigenvalue weighted by Gasteiger charge is -2.04. The maximum atomic E-state index is 11.2. The molecule has 5 heteroatoms. The number of methoxy groups -OCH3 is 2. The molecule has 1 heterocycles. The third-order valence-corrected chi connectivity index (χ3v) is 2.57. The van der Waals surface area contributed by atoms with E-state index in [1.54, 1.807) is 19.2 Å². The van der Waals surface area contributed by atoms with Crippen molar-refractivity contribution < 1.29 is 19.4 Å². The van der Waals surface area contributed by atoms with E-state index < -0.39 is 12.1 Å². The zero-order chi connectivity index (χ0) is 12.4. The Kier molecular flexibility index (Phi) is 3.01. The van der Waals surface area contributed by atoms with Gasteiger partial charge in [-0.15, -0.1) is 0 Å². The summed E-state index contributed by atoms with van der Waals surface area (Å²) in [4.78, 5) is 14.2. The van der Waals surface area contributed by atoms with E-state index in [0.717, 1.165) is 16.7 Å². The first-order chi connectivity index (χ1) is 8.15. The number of fused-ring (bicyclic) bond motifs is 1. The quantitative estimate of drug-likeness (QED) is 0.788. The van der Waals surface area contributed by atoms with Crippen LogP contribution in [-0.4, -0.2) is 30.3 Å². The van der Waals surface area contributed by atoms with Crippen LogP contribution in [0.3, 0.4) is 0 Å². The Bertz CT molecular complexity index is 546. The van der Waals surface area contributed by atoms with E-state index in [4.69, 9.17) is 4.74 Å². The van der Waals surface area contributed by atoms with Crippen molar-refractivity contribution >= 4 is 16.9 Å². The Hall–Kier alpha value is -2.01. The highest BCUT2D eigenvalue weighted by Gasteiger charge is 2.19. The number of carbonyl (C=O) groups is 1. The predicted molar refractivity (Wildman–Crippen MR) is 61.8 cm³/mol. The van der Waals surface area contributed by atoms with E-state index in [-0.39, 0.29) is 0 Å². The van der Waals surface area contributed by atoms with Crippen LogP contribution in [-0.2, 0) is 9.53 Å². The molecule has 2 aromatic rings. The molecule has 0 saturated heterocycles. The highest BCUT2D eigenvalue weighted by molar-refractivity contribution is 5.84. The summed E-state index contributed by atoms with van der Waals surface area (Å²) in [6.45, 7) is 0. The number of aliphatic hydroxyl groups is 1. The van der Waals surface area contributed by atoms with E-state index in [1.165, 1.54) is 7.11 Å². The Morgan fingerprint density at radius 1 is 1.35 bits per heavy atom. The van der Waals surface area contributed by atoms with Crippen LogP contribution < -0.4 is 4.74 Å². The van der Waals surface area contributed by atoms with Gasteiger partial charge >= 0.3 is 5.97 Å². The highest BCUT2D eigenvalue weighted by Crippen LogP contribution is 2.24. The van der Waals surface area contributed by atoms with Gasteiger partial charge < -0.3 is 19.6 Å². The number of rotatable bonds is 3. The van der Waals surface area contributed by atoms with Crippen LogP contribution >= 0.6 is 0 Å². The minimum Gasteiger partial charge on any atom is -0.497 e. The first kappa shape index (κ1) is 11.5. The van der Waals surface area contributed by atoms with Crippen LogP contribution in [0, 0.1) is 0 Å². The summed E-state index contributed by atoms with van der Waals surface area (Å²) in [6, 6.07) is 7.13. The lowest BCUT2D eigenvalue weighted by atomic mass is 10.2. The summed E-state index contributed by atoms with van der Waals surface area (Å²) >= 11 is 0. The molecule has 0 aliphatic rings. The van der Waals surface area contributed by atoms with Crippen molar-refractivity contribution in [1.29, 1.82) is 0 Å². The third-order valence-electron chi connectivity index (χ3n) is 2.57. The zero-order valence-corrected chi connectivity index (χ0v) is 9.56. The molecule has 0 saturated carbocycles. The number of ether oxygens (including phenoxy) is 2. The summed E-state index contributed by atoms with van der Waals surface area (Å²) < 4.78 is 9.57. The van der Waals surface area contributed by atoms with Crippen molar-refractivity contribution in [3.05, 3.63) is 30.0 Å². The Morgan fingerprint density at radius 2 is 2.12 bits per heavy atom. The summed E-state index contributed by atoms with van der Waals surface area (Å²) in [6.07, 6.45) is -1.29. The average molecular weight is 235 g/mol. The maximum absolute atomic E-state index is 11.2. The number of hydrogen-bond acceptors (Lipinski definition) is 4. The Morgan fingerprint density at radius 3 is 2.76 bits per heavy atom. The molecule has 0 aliphatic heterocycles. The highest BCUT2D eigenvalue weighted by atomic mass is 16.5. The second kappa shape index (κ2) is 4.47. The Labute approximate surface area is 98.0 Å². The number of hydrogen-bond donors (Lipinski definition) is 2. The molecule has 1 unspecified atom stereocenters. The van der Waals surface area contributed by atoms with Crippen molar-refractivity contribution in [2.45, 2.75) is 6.10 Å². The third kappa shape index (κ3) is 2.09. The van der Waals surface area contributed by atoms with Gasteiger partial charge in [-0.1, -0.05) is 0 Å². The molecule has 0 aliphatic carbocycles. The maximum Gasteiger partial charge on any atom is 0.340 e. The monoisotopic (exact) mass is 235 g/mol. The number of aromatic nitrogens is 1. The van der Waals surface area contributed by atoms with E-state index in [9.17, 15) is 9.90 Å². The van der Waals surface area contributed by atoms with E-state index in [1.807, 2.05) is 12.1 Å². The number of benzene rings is 1. The second-order valence-electron chi connectivity index (χ2n) is 3.60. The minimum absolute atomic E-state index is 0.403. The standard InChI is InChI=1S/C12H13NO4/c1-16-8-3-4-9-7(5-8)6-10(13-9)11(14)12(15)17-2/h3-6,11,13-14H,1-2H3. The normalized spacial score (nSPS) is 12.4. The lowest BCUT2D eigenvalue weighted by molar-refractivity contribution is -0.150. The fourth-order valence-corrected chi connectivity index (χ4v) is 1.65. The minimum atomic E-state index is -1.29. The van der Waals surface area contributed by atoms with Gasteiger partial charge in [-0.2, -0.15) is 0 Å². The molecule has 0 fully saturated rings. The van der Waals surface area contributed by atoms with Crippen molar-refractivity contribution in [3.8, 4) is 5.75 Å². The molecule has 17 heavy (non-hydrogen) atoms. The molecule has 5 nitrogen and oxygen atoms in total. The lowest BCUT2D eigenvalue weighted by Crippen LogP contribution is -2.13. The average Bonchev–Trinajstić information content (AvgIpc) is 2.79. The van der Waals surface area contributed by atoms with E-state index in [2.05, 4.69) is 9.72 Å². The summed E-state index contributed by atoms with van der Waals surface area (Å²) in [5.74, 6) is 0.0270. The predicted octanol–water partition coefficient (Wildman–Crippen LogP) is 1.38. The molecular formula is C12H13NO4. The number of aromatic amines is 1. The molecular weight excluding hydrogens is 222 g/mol. The summed E-state index contributed by atoms with van der Waals surface area (Å²) in [5, 5.41) is 10.5. The molecule has 0 spiro atoms. The van der Waals surface area contributed by atoms with Gasteiger partial charge in [0.05, 0.1) is 19.9 Å². The van der Waals surface area contributed by atoms with Crippen LogP contribution in [0.2, 0.25) is 0 Å². The molecule has 1 aromatic carbocycles. The van der Waals surface area contributed by atoms with Crippen molar-refractivity contribution in [2.24, 2.45) is 0 Å².